The largest absolute Gasteiger partial charge is 0.477 e. The van der Waals surface area contributed by atoms with Crippen LogP contribution in [0.5, 0.6) is 0 Å². The van der Waals surface area contributed by atoms with Crippen LogP contribution in [-0.2, 0) is 0 Å². The number of nitro benzene ring substituents is 1. The Morgan fingerprint density at radius 2 is 1.70 bits per heavy atom. The number of nitrogens with zero attached hydrogens (tertiary/aromatic N) is 5. The van der Waals surface area contributed by atoms with Crippen molar-refractivity contribution in [3.8, 4) is 11.3 Å². The first-order chi connectivity index (χ1) is 22.1. The number of piperazine rings is 1. The molecule has 12 nitrogen and oxygen atoms in total. The number of aromatic nitrogens is 2. The minimum atomic E-state index is -1.42. The van der Waals surface area contributed by atoms with Gasteiger partial charge in [0, 0.05) is 37.6 Å². The lowest BCUT2D eigenvalue weighted by Gasteiger charge is -2.36. The quantitative estimate of drug-likeness (QED) is 0.190. The van der Waals surface area contributed by atoms with Gasteiger partial charge < -0.3 is 19.4 Å². The van der Waals surface area contributed by atoms with Crippen LogP contribution in [0.1, 0.15) is 26.5 Å². The normalized spacial score (nSPS) is 13.6. The van der Waals surface area contributed by atoms with Gasteiger partial charge in [0.2, 0.25) is 5.43 Å². The van der Waals surface area contributed by atoms with E-state index in [4.69, 9.17) is 4.52 Å². The number of carboxylic acid groups (broad SMARTS) is 1. The molecule has 0 atom stereocenters. The molecule has 1 fully saturated rings. The van der Waals surface area contributed by atoms with Gasteiger partial charge in [0.15, 0.2) is 0 Å². The predicted octanol–water partition coefficient (Wildman–Crippen LogP) is 5.48. The minimum Gasteiger partial charge on any atom is -0.477 e. The van der Waals surface area contributed by atoms with Crippen LogP contribution in [0.3, 0.4) is 0 Å². The summed E-state index contributed by atoms with van der Waals surface area (Å²) >= 11 is 1.11. The lowest BCUT2D eigenvalue weighted by atomic mass is 10.0. The third-order valence-electron chi connectivity index (χ3n) is 8.13. The predicted molar refractivity (Wildman–Crippen MR) is 165 cm³/mol. The average molecular weight is 646 g/mol. The van der Waals surface area contributed by atoms with Crippen LogP contribution < -0.4 is 10.3 Å². The molecule has 7 rings (SSSR count). The molecular weight excluding hydrogens is 624 g/mol. The number of carbonyl (C=O) groups is 2. The highest BCUT2D eigenvalue weighted by Gasteiger charge is 2.33. The second-order valence-electron chi connectivity index (χ2n) is 10.7. The molecule has 0 aliphatic carbocycles. The number of anilines is 1. The number of thiazole rings is 1. The van der Waals surface area contributed by atoms with Crippen LogP contribution in [0.4, 0.5) is 20.2 Å². The molecule has 0 spiro atoms. The number of amides is 1. The number of aromatic carboxylic acids is 1. The lowest BCUT2D eigenvalue weighted by Crippen LogP contribution is -2.49. The molecule has 46 heavy (non-hydrogen) atoms. The molecule has 0 radical (unpaired) electrons. The molecule has 15 heteroatoms. The van der Waals surface area contributed by atoms with Crippen LogP contribution in [0.2, 0.25) is 0 Å². The molecule has 3 aromatic heterocycles. The fourth-order valence-electron chi connectivity index (χ4n) is 5.97. The number of carbonyl (C=O) groups excluding carboxylic acids is 1. The van der Waals surface area contributed by atoms with Crippen molar-refractivity contribution in [2.45, 2.75) is 6.92 Å². The average Bonchev–Trinajstić information content (AvgIpc) is 3.60. The van der Waals surface area contributed by atoms with Crippen molar-refractivity contribution in [2.75, 3.05) is 31.1 Å². The zero-order valence-electron chi connectivity index (χ0n) is 23.8. The van der Waals surface area contributed by atoms with Gasteiger partial charge in [-0.05, 0) is 37.3 Å². The molecule has 1 aliphatic rings. The van der Waals surface area contributed by atoms with E-state index >= 15 is 0 Å². The molecule has 1 amide bonds. The fourth-order valence-corrected chi connectivity index (χ4v) is 7.16. The van der Waals surface area contributed by atoms with Gasteiger partial charge in [-0.3, -0.25) is 24.1 Å². The number of halogens is 2. The highest BCUT2D eigenvalue weighted by Crippen LogP contribution is 2.37. The van der Waals surface area contributed by atoms with E-state index in [1.165, 1.54) is 30.0 Å². The Kier molecular flexibility index (Phi) is 6.77. The van der Waals surface area contributed by atoms with Gasteiger partial charge in [-0.15, -0.1) is 11.3 Å². The first-order valence-corrected chi connectivity index (χ1v) is 14.7. The number of aryl methyl sites for hydroxylation is 1. The second kappa shape index (κ2) is 10.7. The van der Waals surface area contributed by atoms with E-state index in [-0.39, 0.29) is 70.3 Å². The van der Waals surface area contributed by atoms with Crippen molar-refractivity contribution >= 4 is 60.5 Å². The summed E-state index contributed by atoms with van der Waals surface area (Å²) in [4.78, 5) is 54.5. The maximum atomic E-state index is 14.6. The van der Waals surface area contributed by atoms with Crippen molar-refractivity contribution in [3.05, 3.63) is 103 Å². The number of hydrogen-bond acceptors (Lipinski definition) is 9. The smallest absolute Gasteiger partial charge is 0.342 e. The Bertz CT molecular complexity index is 2320. The molecule has 6 aromatic rings. The maximum Gasteiger partial charge on any atom is 0.342 e. The maximum absolute atomic E-state index is 14.6. The van der Waals surface area contributed by atoms with Gasteiger partial charge in [0.25, 0.3) is 11.6 Å². The van der Waals surface area contributed by atoms with Gasteiger partial charge in [-0.1, -0.05) is 23.4 Å². The van der Waals surface area contributed by atoms with Gasteiger partial charge in [-0.2, -0.15) is 0 Å². The molecule has 0 saturated carbocycles. The molecule has 3 aromatic carbocycles. The standard InChI is InChI=1S/C31H21F2N5O7S/c1-15-24(27(34-45-15)25-17(32)5-4-6-18(25)33)29(40)36-11-9-35(10-12-36)21-13-16-20(14-22(21)38(43)44)37-19-7-2-3-8-23(19)46-30(37)26(28(16)39)31(41)42/h2-8,13-14H,9-12H2,1H3,(H,41,42). The number of nitro groups is 1. The SMILES string of the molecule is Cc1onc(-c2c(F)cccc2F)c1C(=O)N1CCN(c2cc3c(=O)c(C(=O)O)c4sc5ccccc5n4c3cc2[N+](=O)[O-])CC1. The molecule has 4 heterocycles. The zero-order chi connectivity index (χ0) is 32.4. The molecule has 0 unspecified atom stereocenters. The first kappa shape index (κ1) is 29.0. The van der Waals surface area contributed by atoms with E-state index in [9.17, 15) is 38.4 Å². The number of hydrogen-bond donors (Lipinski definition) is 1. The summed E-state index contributed by atoms with van der Waals surface area (Å²) in [7, 11) is 0. The summed E-state index contributed by atoms with van der Waals surface area (Å²) in [6.07, 6.45) is 0. The number of benzene rings is 3. The highest BCUT2D eigenvalue weighted by molar-refractivity contribution is 7.24. The van der Waals surface area contributed by atoms with Gasteiger partial charge in [0.1, 0.15) is 44.7 Å². The minimum absolute atomic E-state index is 0.00536. The number of rotatable bonds is 5. The van der Waals surface area contributed by atoms with E-state index in [2.05, 4.69) is 5.16 Å². The molecule has 1 N–H and O–H groups in total. The van der Waals surface area contributed by atoms with Crippen molar-refractivity contribution in [1.29, 1.82) is 0 Å². The third-order valence-corrected chi connectivity index (χ3v) is 9.27. The summed E-state index contributed by atoms with van der Waals surface area (Å²) in [6.45, 7) is 1.77. The summed E-state index contributed by atoms with van der Waals surface area (Å²) in [5.41, 5.74) is -1.48. The molecule has 1 aliphatic heterocycles. The van der Waals surface area contributed by atoms with E-state index in [0.717, 1.165) is 23.5 Å². The number of fused-ring (bicyclic) bond motifs is 5. The van der Waals surface area contributed by atoms with Crippen molar-refractivity contribution in [1.82, 2.24) is 14.5 Å². The van der Waals surface area contributed by atoms with Crippen molar-refractivity contribution in [3.63, 3.8) is 0 Å². The molecule has 1 saturated heterocycles. The summed E-state index contributed by atoms with van der Waals surface area (Å²) < 4.78 is 36.5. The number of carboxylic acids is 1. The van der Waals surface area contributed by atoms with Gasteiger partial charge in [0.05, 0.1) is 26.2 Å². The summed E-state index contributed by atoms with van der Waals surface area (Å²) in [6, 6.07) is 12.9. The summed E-state index contributed by atoms with van der Waals surface area (Å²) in [5, 5.41) is 26.1. The van der Waals surface area contributed by atoms with Crippen LogP contribution >= 0.6 is 11.3 Å². The first-order valence-electron chi connectivity index (χ1n) is 13.9. The van der Waals surface area contributed by atoms with Gasteiger partial charge in [-0.25, -0.2) is 13.6 Å². The van der Waals surface area contributed by atoms with E-state index < -0.39 is 45.0 Å². The second-order valence-corrected chi connectivity index (χ2v) is 11.7. The zero-order valence-corrected chi connectivity index (χ0v) is 24.6. The number of para-hydroxylation sites is 1. The van der Waals surface area contributed by atoms with Crippen LogP contribution in [0.25, 0.3) is 37.2 Å². The van der Waals surface area contributed by atoms with E-state index in [1.54, 1.807) is 33.6 Å². The van der Waals surface area contributed by atoms with Crippen LogP contribution in [0, 0.1) is 28.7 Å². The highest BCUT2D eigenvalue weighted by atomic mass is 32.1. The van der Waals surface area contributed by atoms with Crippen molar-refractivity contribution in [2.24, 2.45) is 0 Å². The molecular formula is C31H21F2N5O7S. The molecule has 0 bridgehead atoms. The molecule has 232 valence electrons. The Morgan fingerprint density at radius 3 is 2.37 bits per heavy atom. The van der Waals surface area contributed by atoms with Crippen LogP contribution in [0.15, 0.2) is 63.9 Å². The Balaban J connectivity index is 1.27. The third kappa shape index (κ3) is 4.38. The van der Waals surface area contributed by atoms with Crippen LogP contribution in [-0.4, -0.2) is 62.5 Å². The summed E-state index contributed by atoms with van der Waals surface area (Å²) in [5.74, 6) is -3.75. The Labute approximate surface area is 260 Å². The van der Waals surface area contributed by atoms with Crippen molar-refractivity contribution < 1.29 is 32.9 Å². The lowest BCUT2D eigenvalue weighted by molar-refractivity contribution is -0.384. The fraction of sp³-hybridized carbons (Fsp3) is 0.161. The van der Waals surface area contributed by atoms with E-state index in [0.29, 0.717) is 10.2 Å². The Morgan fingerprint density at radius 1 is 1.00 bits per heavy atom. The Hall–Kier alpha value is -5.70. The van der Waals surface area contributed by atoms with E-state index in [1.807, 2.05) is 0 Å². The van der Waals surface area contributed by atoms with Gasteiger partial charge >= 0.3 is 5.97 Å². The monoisotopic (exact) mass is 645 g/mol. The topological polar surface area (TPSA) is 152 Å². The number of pyridine rings is 1.